The summed E-state index contributed by atoms with van der Waals surface area (Å²) in [5, 5.41) is 0.834. The number of fused-ring (bicyclic) bond motifs is 1. The molecule has 0 saturated carbocycles. The van der Waals surface area contributed by atoms with Gasteiger partial charge in [-0.15, -0.1) is 0 Å². The number of hydrogen-bond donors (Lipinski definition) is 0. The second kappa shape index (κ2) is 7.52. The maximum absolute atomic E-state index is 13.3. The van der Waals surface area contributed by atoms with Gasteiger partial charge in [0.2, 0.25) is 0 Å². The minimum atomic E-state index is -0.259. The molecule has 2 aromatic carbocycles. The highest BCUT2D eigenvalue weighted by atomic mass is 32.1. The number of aryl methyl sites for hydroxylation is 1. The van der Waals surface area contributed by atoms with Crippen LogP contribution in [0.25, 0.3) is 10.2 Å². The second-order valence-corrected chi connectivity index (χ2v) is 7.48. The zero-order valence-electron chi connectivity index (χ0n) is 14.9. The van der Waals surface area contributed by atoms with Crippen LogP contribution in [-0.4, -0.2) is 37.3 Å². The van der Waals surface area contributed by atoms with Gasteiger partial charge in [-0.2, -0.15) is 0 Å². The Hall–Kier alpha value is -2.67. The predicted octanol–water partition coefficient (Wildman–Crippen LogP) is 3.81. The molecule has 7 heteroatoms. The van der Waals surface area contributed by atoms with Gasteiger partial charge in [-0.1, -0.05) is 23.5 Å². The Bertz CT molecular complexity index is 952. The van der Waals surface area contributed by atoms with Crippen molar-refractivity contribution in [2.24, 2.45) is 0 Å². The van der Waals surface area contributed by atoms with Crippen LogP contribution in [0.5, 0.6) is 5.75 Å². The third kappa shape index (κ3) is 4.03. The van der Waals surface area contributed by atoms with E-state index in [9.17, 15) is 9.18 Å². The number of ether oxygens (including phenoxy) is 2. The van der Waals surface area contributed by atoms with E-state index in [4.69, 9.17) is 9.47 Å². The summed E-state index contributed by atoms with van der Waals surface area (Å²) < 4.78 is 24.7. The molecule has 5 nitrogen and oxygen atoms in total. The van der Waals surface area contributed by atoms with E-state index in [2.05, 4.69) is 4.98 Å². The molecule has 1 aliphatic rings. The van der Waals surface area contributed by atoms with Crippen molar-refractivity contribution in [3.8, 4) is 5.75 Å². The van der Waals surface area contributed by atoms with Crippen LogP contribution in [0.4, 0.5) is 9.52 Å². The largest absolute Gasteiger partial charge is 0.497 e. The lowest BCUT2D eigenvalue weighted by Crippen LogP contribution is -2.53. The first-order valence-electron chi connectivity index (χ1n) is 8.74. The minimum Gasteiger partial charge on any atom is -0.497 e. The Morgan fingerprint density at radius 3 is 2.78 bits per heavy atom. The fourth-order valence-corrected chi connectivity index (χ4v) is 3.98. The fourth-order valence-electron chi connectivity index (χ4n) is 2.97. The lowest BCUT2D eigenvalue weighted by Gasteiger charge is -2.38. The molecular weight excluding hydrogens is 367 g/mol. The molecule has 0 spiro atoms. The number of rotatable bonds is 6. The first-order valence-corrected chi connectivity index (χ1v) is 9.56. The molecule has 140 valence electrons. The maximum Gasteiger partial charge on any atom is 0.306 e. The molecule has 0 bridgehead atoms. The van der Waals surface area contributed by atoms with Gasteiger partial charge in [0.1, 0.15) is 17.7 Å². The number of carbonyl (C=O) groups excluding carboxylic acids is 1. The van der Waals surface area contributed by atoms with Crippen LogP contribution in [0, 0.1) is 5.82 Å². The molecule has 0 unspecified atom stereocenters. The normalized spacial score (nSPS) is 14.2. The van der Waals surface area contributed by atoms with E-state index >= 15 is 0 Å². The van der Waals surface area contributed by atoms with Crippen molar-refractivity contribution in [2.75, 3.05) is 25.1 Å². The van der Waals surface area contributed by atoms with Crippen molar-refractivity contribution in [3.05, 3.63) is 53.8 Å². The van der Waals surface area contributed by atoms with Gasteiger partial charge in [-0.3, -0.25) is 4.79 Å². The van der Waals surface area contributed by atoms with E-state index in [1.165, 1.54) is 23.5 Å². The van der Waals surface area contributed by atoms with Gasteiger partial charge < -0.3 is 14.4 Å². The molecule has 1 aliphatic heterocycles. The molecule has 0 amide bonds. The average Bonchev–Trinajstić information content (AvgIpc) is 3.05. The van der Waals surface area contributed by atoms with Crippen LogP contribution in [0.2, 0.25) is 0 Å². The lowest BCUT2D eigenvalue weighted by atomic mass is 10.1. The van der Waals surface area contributed by atoms with Crippen molar-refractivity contribution in [2.45, 2.75) is 18.9 Å². The molecular formula is C20H19FN2O3S. The molecule has 0 aliphatic carbocycles. The molecule has 1 saturated heterocycles. The topological polar surface area (TPSA) is 51.7 Å². The van der Waals surface area contributed by atoms with Crippen LogP contribution in [-0.2, 0) is 16.0 Å². The first-order chi connectivity index (χ1) is 13.1. The van der Waals surface area contributed by atoms with Crippen molar-refractivity contribution >= 4 is 32.7 Å². The summed E-state index contributed by atoms with van der Waals surface area (Å²) in [6, 6.07) is 12.3. The fraction of sp³-hybridized carbons (Fsp3) is 0.300. The molecule has 4 rings (SSSR count). The number of nitrogens with zero attached hydrogens (tertiary/aromatic N) is 2. The van der Waals surface area contributed by atoms with Crippen LogP contribution in [0.1, 0.15) is 12.0 Å². The zero-order valence-corrected chi connectivity index (χ0v) is 15.7. The molecule has 2 heterocycles. The van der Waals surface area contributed by atoms with E-state index in [1.54, 1.807) is 13.2 Å². The summed E-state index contributed by atoms with van der Waals surface area (Å²) in [4.78, 5) is 18.6. The second-order valence-electron chi connectivity index (χ2n) is 6.47. The summed E-state index contributed by atoms with van der Waals surface area (Å²) in [6.45, 7) is 1.24. The zero-order chi connectivity index (χ0) is 18.8. The van der Waals surface area contributed by atoms with E-state index < -0.39 is 0 Å². The summed E-state index contributed by atoms with van der Waals surface area (Å²) in [6.07, 6.45) is 0.878. The van der Waals surface area contributed by atoms with E-state index in [0.717, 1.165) is 26.7 Å². The van der Waals surface area contributed by atoms with Gasteiger partial charge in [0.25, 0.3) is 0 Å². The number of benzene rings is 2. The third-order valence-electron chi connectivity index (χ3n) is 4.53. The van der Waals surface area contributed by atoms with Crippen molar-refractivity contribution in [1.82, 2.24) is 4.98 Å². The molecule has 27 heavy (non-hydrogen) atoms. The molecule has 0 N–H and O–H groups in total. The Labute approximate surface area is 160 Å². The smallest absolute Gasteiger partial charge is 0.306 e. The number of thiazole rings is 1. The van der Waals surface area contributed by atoms with Gasteiger partial charge >= 0.3 is 5.97 Å². The summed E-state index contributed by atoms with van der Waals surface area (Å²) in [5.41, 5.74) is 1.86. The number of esters is 1. The highest BCUT2D eigenvalue weighted by Gasteiger charge is 2.32. The highest BCUT2D eigenvalue weighted by Crippen LogP contribution is 2.32. The van der Waals surface area contributed by atoms with Crippen LogP contribution in [0.15, 0.2) is 42.5 Å². The van der Waals surface area contributed by atoms with Gasteiger partial charge in [0, 0.05) is 6.42 Å². The Kier molecular flexibility index (Phi) is 4.94. The van der Waals surface area contributed by atoms with Gasteiger partial charge in [-0.05, 0) is 42.3 Å². The summed E-state index contributed by atoms with van der Waals surface area (Å²) in [7, 11) is 1.63. The monoisotopic (exact) mass is 386 g/mol. The molecule has 1 fully saturated rings. The number of carbonyl (C=O) groups is 1. The van der Waals surface area contributed by atoms with E-state index in [0.29, 0.717) is 25.9 Å². The van der Waals surface area contributed by atoms with Crippen molar-refractivity contribution in [3.63, 3.8) is 0 Å². The predicted molar refractivity (Wildman–Crippen MR) is 103 cm³/mol. The Morgan fingerprint density at radius 1 is 1.26 bits per heavy atom. The third-order valence-corrected chi connectivity index (χ3v) is 5.61. The quantitative estimate of drug-likeness (QED) is 0.603. The van der Waals surface area contributed by atoms with Crippen LogP contribution in [0.3, 0.4) is 0 Å². The molecule has 0 radical (unpaired) electrons. The van der Waals surface area contributed by atoms with Gasteiger partial charge in [0.05, 0.1) is 30.4 Å². The number of hydrogen-bond acceptors (Lipinski definition) is 6. The van der Waals surface area contributed by atoms with Crippen LogP contribution >= 0.6 is 11.3 Å². The molecule has 0 atom stereocenters. The standard InChI is InChI=1S/C20H19FN2O3S/c1-25-15-6-2-13(3-7-15)4-9-19(24)26-16-11-23(12-16)20-22-17-8-5-14(21)10-18(17)27-20/h2-3,5-8,10,16H,4,9,11-12H2,1H3. The SMILES string of the molecule is COc1ccc(CCC(=O)OC2CN(c3nc4ccc(F)cc4s3)C2)cc1. The Morgan fingerprint density at radius 2 is 2.04 bits per heavy atom. The Balaban J connectivity index is 1.24. The maximum atomic E-state index is 13.3. The lowest BCUT2D eigenvalue weighted by molar-refractivity contribution is -0.150. The first kappa shape index (κ1) is 17.7. The van der Waals surface area contributed by atoms with Crippen LogP contribution < -0.4 is 9.64 Å². The number of aromatic nitrogens is 1. The minimum absolute atomic E-state index is 0.114. The summed E-state index contributed by atoms with van der Waals surface area (Å²) >= 11 is 1.45. The average molecular weight is 386 g/mol. The highest BCUT2D eigenvalue weighted by molar-refractivity contribution is 7.22. The molecule has 3 aromatic rings. The van der Waals surface area contributed by atoms with Gasteiger partial charge in [-0.25, -0.2) is 9.37 Å². The van der Waals surface area contributed by atoms with Gasteiger partial charge in [0.15, 0.2) is 5.13 Å². The number of methoxy groups -OCH3 is 1. The summed E-state index contributed by atoms with van der Waals surface area (Å²) in [5.74, 6) is 0.347. The molecule has 1 aromatic heterocycles. The number of anilines is 1. The van der Waals surface area contributed by atoms with E-state index in [-0.39, 0.29) is 17.9 Å². The number of halogens is 1. The van der Waals surface area contributed by atoms with E-state index in [1.807, 2.05) is 29.2 Å². The van der Waals surface area contributed by atoms with Crippen molar-refractivity contribution in [1.29, 1.82) is 0 Å². The van der Waals surface area contributed by atoms with Crippen molar-refractivity contribution < 1.29 is 18.7 Å².